The van der Waals surface area contributed by atoms with Gasteiger partial charge in [0.15, 0.2) is 0 Å². The molecule has 0 saturated carbocycles. The maximum atomic E-state index is 12.2. The van der Waals surface area contributed by atoms with Gasteiger partial charge in [-0.1, -0.05) is 23.7 Å². The minimum atomic E-state index is -0.303. The summed E-state index contributed by atoms with van der Waals surface area (Å²) in [6, 6.07) is 15.2. The van der Waals surface area contributed by atoms with Crippen LogP contribution in [0.3, 0.4) is 0 Å². The predicted molar refractivity (Wildman–Crippen MR) is 95.7 cm³/mol. The summed E-state index contributed by atoms with van der Waals surface area (Å²) in [5.41, 5.74) is 2.36. The van der Waals surface area contributed by atoms with Gasteiger partial charge in [0, 0.05) is 23.4 Å². The zero-order valence-electron chi connectivity index (χ0n) is 13.2. The van der Waals surface area contributed by atoms with E-state index in [1.807, 2.05) is 0 Å². The third kappa shape index (κ3) is 4.28. The second-order valence-corrected chi connectivity index (χ2v) is 5.73. The molecular weight excluding hydrogens is 340 g/mol. The number of furan rings is 1. The van der Waals surface area contributed by atoms with Crippen LogP contribution in [-0.4, -0.2) is 11.8 Å². The Balaban J connectivity index is 1.61. The molecule has 0 radical (unpaired) electrons. The van der Waals surface area contributed by atoms with Crippen molar-refractivity contribution in [3.05, 3.63) is 88.8 Å². The molecule has 2 aromatic carbocycles. The molecule has 25 heavy (non-hydrogen) atoms. The van der Waals surface area contributed by atoms with Crippen molar-refractivity contribution < 1.29 is 14.0 Å². The van der Waals surface area contributed by atoms with Crippen molar-refractivity contribution in [2.45, 2.75) is 6.54 Å². The summed E-state index contributed by atoms with van der Waals surface area (Å²) in [4.78, 5) is 24.3. The topological polar surface area (TPSA) is 71.3 Å². The van der Waals surface area contributed by atoms with E-state index in [9.17, 15) is 9.59 Å². The summed E-state index contributed by atoms with van der Waals surface area (Å²) < 4.78 is 4.95. The van der Waals surface area contributed by atoms with Gasteiger partial charge in [-0.2, -0.15) is 0 Å². The molecule has 0 spiro atoms. The zero-order valence-corrected chi connectivity index (χ0v) is 13.9. The van der Waals surface area contributed by atoms with Crippen molar-refractivity contribution >= 4 is 29.1 Å². The van der Waals surface area contributed by atoms with E-state index in [0.717, 1.165) is 5.56 Å². The van der Waals surface area contributed by atoms with E-state index in [2.05, 4.69) is 10.6 Å². The normalized spacial score (nSPS) is 10.3. The number of benzene rings is 2. The SMILES string of the molecule is O=C(NCc1ccoc1)c1ccc(NC(=O)c2ccccc2Cl)cc1. The van der Waals surface area contributed by atoms with Crippen LogP contribution in [0.1, 0.15) is 26.3 Å². The highest BCUT2D eigenvalue weighted by Gasteiger charge is 2.10. The van der Waals surface area contributed by atoms with Crippen LogP contribution in [0.5, 0.6) is 0 Å². The fourth-order valence-corrected chi connectivity index (χ4v) is 2.45. The van der Waals surface area contributed by atoms with Crippen LogP contribution in [0.4, 0.5) is 5.69 Å². The molecule has 0 bridgehead atoms. The van der Waals surface area contributed by atoms with Crippen LogP contribution >= 0.6 is 11.6 Å². The summed E-state index contributed by atoms with van der Waals surface area (Å²) in [5.74, 6) is -0.507. The summed E-state index contributed by atoms with van der Waals surface area (Å²) in [6.07, 6.45) is 3.13. The highest BCUT2D eigenvalue weighted by atomic mass is 35.5. The fraction of sp³-hybridized carbons (Fsp3) is 0.0526. The Morgan fingerprint density at radius 1 is 0.960 bits per heavy atom. The average molecular weight is 355 g/mol. The zero-order chi connectivity index (χ0) is 17.6. The Morgan fingerprint density at radius 3 is 2.40 bits per heavy atom. The van der Waals surface area contributed by atoms with E-state index in [0.29, 0.717) is 28.4 Å². The molecule has 1 aromatic heterocycles. The molecule has 0 atom stereocenters. The molecule has 3 aromatic rings. The molecule has 2 amide bonds. The lowest BCUT2D eigenvalue weighted by Crippen LogP contribution is -2.22. The lowest BCUT2D eigenvalue weighted by molar-refractivity contribution is 0.0950. The number of carbonyl (C=O) groups is 2. The monoisotopic (exact) mass is 354 g/mol. The van der Waals surface area contributed by atoms with Gasteiger partial charge in [-0.05, 0) is 42.5 Å². The van der Waals surface area contributed by atoms with Gasteiger partial charge in [0.2, 0.25) is 0 Å². The third-order valence-corrected chi connectivity index (χ3v) is 3.89. The van der Waals surface area contributed by atoms with Crippen LogP contribution in [-0.2, 0) is 6.54 Å². The van der Waals surface area contributed by atoms with Gasteiger partial charge >= 0.3 is 0 Å². The van der Waals surface area contributed by atoms with E-state index >= 15 is 0 Å². The Labute approximate surface area is 149 Å². The molecule has 3 rings (SSSR count). The molecule has 0 aliphatic heterocycles. The van der Waals surface area contributed by atoms with Crippen LogP contribution < -0.4 is 10.6 Å². The Morgan fingerprint density at radius 2 is 1.72 bits per heavy atom. The maximum absolute atomic E-state index is 12.2. The Bertz CT molecular complexity index is 874. The molecule has 6 heteroatoms. The number of amides is 2. The number of halogens is 1. The molecule has 0 fully saturated rings. The van der Waals surface area contributed by atoms with E-state index in [4.69, 9.17) is 16.0 Å². The second-order valence-electron chi connectivity index (χ2n) is 5.33. The van der Waals surface area contributed by atoms with E-state index in [1.54, 1.807) is 67.1 Å². The van der Waals surface area contributed by atoms with Crippen molar-refractivity contribution in [3.63, 3.8) is 0 Å². The van der Waals surface area contributed by atoms with E-state index < -0.39 is 0 Å². The number of anilines is 1. The van der Waals surface area contributed by atoms with Gasteiger partial charge in [0.25, 0.3) is 11.8 Å². The first-order valence-corrected chi connectivity index (χ1v) is 7.96. The van der Waals surface area contributed by atoms with Crippen molar-refractivity contribution in [2.24, 2.45) is 0 Å². The average Bonchev–Trinajstić information content (AvgIpc) is 3.14. The summed E-state index contributed by atoms with van der Waals surface area (Å²) in [7, 11) is 0. The van der Waals surface area contributed by atoms with Gasteiger partial charge in [-0.3, -0.25) is 9.59 Å². The number of nitrogens with one attached hydrogen (secondary N) is 2. The maximum Gasteiger partial charge on any atom is 0.257 e. The van der Waals surface area contributed by atoms with Crippen molar-refractivity contribution in [1.29, 1.82) is 0 Å². The summed E-state index contributed by atoms with van der Waals surface area (Å²) >= 11 is 6.01. The van der Waals surface area contributed by atoms with Gasteiger partial charge in [-0.15, -0.1) is 0 Å². The van der Waals surface area contributed by atoms with Gasteiger partial charge in [-0.25, -0.2) is 0 Å². The van der Waals surface area contributed by atoms with Crippen LogP contribution in [0, 0.1) is 0 Å². The Hall–Kier alpha value is -3.05. The summed E-state index contributed by atoms with van der Waals surface area (Å²) in [6.45, 7) is 0.389. The fourth-order valence-electron chi connectivity index (χ4n) is 2.23. The second kappa shape index (κ2) is 7.68. The minimum Gasteiger partial charge on any atom is -0.472 e. The molecule has 1 heterocycles. The standard InChI is InChI=1S/C19H15ClN2O3/c20-17-4-2-1-3-16(17)19(24)22-15-7-5-14(6-8-15)18(23)21-11-13-9-10-25-12-13/h1-10,12H,11H2,(H,21,23)(H,22,24). The van der Waals surface area contributed by atoms with E-state index in [-0.39, 0.29) is 11.8 Å². The van der Waals surface area contributed by atoms with Crippen LogP contribution in [0.25, 0.3) is 0 Å². The third-order valence-electron chi connectivity index (χ3n) is 3.56. The van der Waals surface area contributed by atoms with Crippen molar-refractivity contribution in [2.75, 3.05) is 5.32 Å². The lowest BCUT2D eigenvalue weighted by Gasteiger charge is -2.08. The number of rotatable bonds is 5. The van der Waals surface area contributed by atoms with Gasteiger partial charge in [0.05, 0.1) is 23.1 Å². The molecule has 2 N–H and O–H groups in total. The molecular formula is C19H15ClN2O3. The molecule has 0 aliphatic carbocycles. The predicted octanol–water partition coefficient (Wildman–Crippen LogP) is 4.12. The molecule has 126 valence electrons. The first-order chi connectivity index (χ1) is 12.1. The van der Waals surface area contributed by atoms with E-state index in [1.165, 1.54) is 0 Å². The molecule has 0 aliphatic rings. The smallest absolute Gasteiger partial charge is 0.257 e. The highest BCUT2D eigenvalue weighted by molar-refractivity contribution is 6.34. The largest absolute Gasteiger partial charge is 0.472 e. The number of hydrogen-bond acceptors (Lipinski definition) is 3. The lowest BCUT2D eigenvalue weighted by atomic mass is 10.1. The quantitative estimate of drug-likeness (QED) is 0.724. The summed E-state index contributed by atoms with van der Waals surface area (Å²) in [5, 5.41) is 5.93. The van der Waals surface area contributed by atoms with Gasteiger partial charge in [0.1, 0.15) is 0 Å². The first kappa shape index (κ1) is 16.8. The number of carbonyl (C=O) groups excluding carboxylic acids is 2. The highest BCUT2D eigenvalue weighted by Crippen LogP contribution is 2.17. The minimum absolute atomic E-state index is 0.204. The Kier molecular flexibility index (Phi) is 5.16. The molecule has 5 nitrogen and oxygen atoms in total. The van der Waals surface area contributed by atoms with Crippen molar-refractivity contribution in [3.8, 4) is 0 Å². The molecule has 0 unspecified atom stereocenters. The van der Waals surface area contributed by atoms with Crippen LogP contribution in [0.15, 0.2) is 71.5 Å². The molecule has 0 saturated heterocycles. The van der Waals surface area contributed by atoms with Gasteiger partial charge < -0.3 is 15.1 Å². The van der Waals surface area contributed by atoms with Crippen LogP contribution in [0.2, 0.25) is 5.02 Å². The van der Waals surface area contributed by atoms with Crippen molar-refractivity contribution in [1.82, 2.24) is 5.32 Å². The number of hydrogen-bond donors (Lipinski definition) is 2. The first-order valence-electron chi connectivity index (χ1n) is 7.59.